The van der Waals surface area contributed by atoms with Gasteiger partial charge in [0.15, 0.2) is 0 Å². The molecule has 0 saturated heterocycles. The van der Waals surface area contributed by atoms with Gasteiger partial charge in [0.1, 0.15) is 5.82 Å². The van der Waals surface area contributed by atoms with Crippen LogP contribution >= 0.6 is 0 Å². The lowest BCUT2D eigenvalue weighted by atomic mass is 9.84. The first-order chi connectivity index (χ1) is 25.8. The highest BCUT2D eigenvalue weighted by Crippen LogP contribution is 2.46. The van der Waals surface area contributed by atoms with Gasteiger partial charge in [-0.2, -0.15) is 0 Å². The van der Waals surface area contributed by atoms with Gasteiger partial charge in [-0.05, 0) is 68.1 Å². The van der Waals surface area contributed by atoms with Gasteiger partial charge in [0.2, 0.25) is 0 Å². The fourth-order valence-electron chi connectivity index (χ4n) is 5.46. The molecule has 8 aromatic rings. The summed E-state index contributed by atoms with van der Waals surface area (Å²) >= 11 is 0. The summed E-state index contributed by atoms with van der Waals surface area (Å²) in [5, 5.41) is -0.845. The Bertz CT molecular complexity index is 2810. The molecule has 0 radical (unpaired) electrons. The smallest absolute Gasteiger partial charge is 0.146 e. The van der Waals surface area contributed by atoms with Crippen molar-refractivity contribution in [2.75, 3.05) is 0 Å². The van der Waals surface area contributed by atoms with Crippen molar-refractivity contribution in [1.82, 2.24) is 9.55 Å². The molecule has 0 N–H and O–H groups in total. The number of fused-ring (bicyclic) bond motifs is 3. The van der Waals surface area contributed by atoms with E-state index in [0.29, 0.717) is 22.5 Å². The van der Waals surface area contributed by atoms with Gasteiger partial charge < -0.3 is 0 Å². The van der Waals surface area contributed by atoms with Crippen LogP contribution in [0.25, 0.3) is 71.9 Å². The highest BCUT2D eigenvalue weighted by molar-refractivity contribution is 6.22. The molecule has 0 amide bonds. The topological polar surface area (TPSA) is 17.8 Å². The zero-order chi connectivity index (χ0) is 38.5. The molecule has 0 bridgehead atoms. The molecule has 1 aromatic heterocycles. The third-order valence-electron chi connectivity index (χ3n) is 7.14. The predicted octanol–water partition coefficient (Wildman–Crippen LogP) is 10.3. The Morgan fingerprint density at radius 2 is 1.02 bits per heavy atom. The highest BCUT2D eigenvalue weighted by Gasteiger charge is 2.21. The SMILES string of the molecule is [2H]c1c([2H])c([2H])c(-c2c3c([2H])c([2H])c([2H])c([2H])c3c(-c3ccccc3-c3nc4ccccc4n3-c3ccccc3)c3c([2H])c([2H])c([2H])c([2H])c23)c([2H])c1[2H]. The van der Waals surface area contributed by atoms with Crippen molar-refractivity contribution in [1.29, 1.82) is 0 Å². The molecule has 0 atom stereocenters. The van der Waals surface area contributed by atoms with Gasteiger partial charge in [-0.3, -0.25) is 4.57 Å². The van der Waals surface area contributed by atoms with Crippen LogP contribution in [0.15, 0.2) is 157 Å². The van der Waals surface area contributed by atoms with Gasteiger partial charge in [-0.15, -0.1) is 0 Å². The summed E-state index contributed by atoms with van der Waals surface area (Å²) in [6.07, 6.45) is 0. The summed E-state index contributed by atoms with van der Waals surface area (Å²) in [5.74, 6) is 0.440. The minimum absolute atomic E-state index is 0.0392. The van der Waals surface area contributed by atoms with Crippen molar-refractivity contribution in [2.45, 2.75) is 0 Å². The molecule has 0 aliphatic carbocycles. The Labute approximate surface area is 257 Å². The van der Waals surface area contributed by atoms with E-state index in [9.17, 15) is 5.48 Å². The van der Waals surface area contributed by atoms with Crippen molar-refractivity contribution in [2.24, 2.45) is 0 Å². The molecule has 1 heterocycles. The van der Waals surface area contributed by atoms with Gasteiger partial charge in [-0.25, -0.2) is 4.98 Å². The second kappa shape index (κ2) is 9.62. The van der Waals surface area contributed by atoms with E-state index in [0.717, 1.165) is 11.2 Å². The first-order valence-corrected chi connectivity index (χ1v) is 12.9. The van der Waals surface area contributed by atoms with E-state index in [2.05, 4.69) is 0 Å². The Hall–Kier alpha value is -5.47. The second-order valence-electron chi connectivity index (χ2n) is 9.39. The van der Waals surface area contributed by atoms with E-state index in [1.165, 1.54) is 0 Å². The summed E-state index contributed by atoms with van der Waals surface area (Å²) in [4.78, 5) is 5.02. The quantitative estimate of drug-likeness (QED) is 0.205. The fraction of sp³-hybridized carbons (Fsp3) is 0. The first-order valence-electron chi connectivity index (χ1n) is 19.4. The average Bonchev–Trinajstić information content (AvgIpc) is 3.58. The Morgan fingerprint density at radius 1 is 0.488 bits per heavy atom. The predicted molar refractivity (Wildman–Crippen MR) is 172 cm³/mol. The van der Waals surface area contributed by atoms with E-state index < -0.39 is 84.1 Å². The summed E-state index contributed by atoms with van der Waals surface area (Å²) in [6.45, 7) is 0. The standard InChI is InChI=1S/C39H26N2/c1-3-15-27(16-4-1)37-29-19-7-9-21-31(29)38(32-22-10-8-20-30(32)37)33-23-11-12-24-34(33)39-40-35-25-13-14-26-36(35)41(39)28-17-5-2-6-18-28/h1-26H/i1D,3D,4D,7D,8D,9D,10D,15D,16D,19D,20D,21D,22D. The van der Waals surface area contributed by atoms with E-state index in [4.69, 9.17) is 17.3 Å². The number of hydrogen-bond donors (Lipinski definition) is 0. The minimum atomic E-state index is -0.719. The molecule has 41 heavy (non-hydrogen) atoms. The first kappa shape index (κ1) is 13.7. The Morgan fingerprint density at radius 3 is 1.71 bits per heavy atom. The number of para-hydroxylation sites is 3. The monoisotopic (exact) mass is 535 g/mol. The zero-order valence-electron chi connectivity index (χ0n) is 34.4. The molecule has 8 rings (SSSR count). The van der Waals surface area contributed by atoms with Crippen LogP contribution in [-0.4, -0.2) is 9.55 Å². The van der Waals surface area contributed by atoms with Crippen LogP contribution in [0.2, 0.25) is 0 Å². The molecule has 0 unspecified atom stereocenters. The summed E-state index contributed by atoms with van der Waals surface area (Å²) in [6, 6.07) is 15.4. The molecule has 0 aliphatic rings. The maximum absolute atomic E-state index is 9.33. The van der Waals surface area contributed by atoms with Crippen molar-refractivity contribution in [3.63, 3.8) is 0 Å². The van der Waals surface area contributed by atoms with Crippen LogP contribution in [0.1, 0.15) is 17.8 Å². The van der Waals surface area contributed by atoms with E-state index in [-0.39, 0.29) is 32.7 Å². The molecule has 0 fully saturated rings. The normalized spacial score (nSPS) is 15.9. The van der Waals surface area contributed by atoms with Gasteiger partial charge in [0.05, 0.1) is 28.9 Å². The molecule has 0 aliphatic heterocycles. The Balaban J connectivity index is 1.67. The zero-order valence-corrected chi connectivity index (χ0v) is 21.4. The molecule has 0 spiro atoms. The largest absolute Gasteiger partial charge is 0.292 e. The molecule has 0 saturated carbocycles. The molecular weight excluding hydrogens is 496 g/mol. The van der Waals surface area contributed by atoms with E-state index in [1.807, 2.05) is 59.2 Å². The lowest BCUT2D eigenvalue weighted by molar-refractivity contribution is 1.10. The van der Waals surface area contributed by atoms with Crippen LogP contribution in [0.5, 0.6) is 0 Å². The third-order valence-corrected chi connectivity index (χ3v) is 7.14. The van der Waals surface area contributed by atoms with Crippen molar-refractivity contribution < 1.29 is 17.8 Å². The van der Waals surface area contributed by atoms with Crippen LogP contribution in [0.3, 0.4) is 0 Å². The lowest BCUT2D eigenvalue weighted by Gasteiger charge is -2.20. The molecule has 2 heteroatoms. The van der Waals surface area contributed by atoms with Crippen LogP contribution in [-0.2, 0) is 0 Å². The van der Waals surface area contributed by atoms with Gasteiger partial charge in [0.25, 0.3) is 0 Å². The number of imidazole rings is 1. The minimum Gasteiger partial charge on any atom is -0.292 e. The van der Waals surface area contributed by atoms with Gasteiger partial charge in [0, 0.05) is 11.3 Å². The van der Waals surface area contributed by atoms with Crippen molar-refractivity contribution in [3.05, 3.63) is 157 Å². The van der Waals surface area contributed by atoms with Gasteiger partial charge in [-0.1, -0.05) is 133 Å². The Kier molecular flexibility index (Phi) is 3.22. The summed E-state index contributed by atoms with van der Waals surface area (Å²) < 4.78 is 117. The van der Waals surface area contributed by atoms with Crippen molar-refractivity contribution in [3.8, 4) is 39.3 Å². The number of rotatable bonds is 4. The summed E-state index contributed by atoms with van der Waals surface area (Å²) in [7, 11) is 0. The van der Waals surface area contributed by atoms with E-state index in [1.54, 1.807) is 24.3 Å². The summed E-state index contributed by atoms with van der Waals surface area (Å²) in [5.41, 5.74) is 2.23. The molecule has 192 valence electrons. The van der Waals surface area contributed by atoms with Crippen molar-refractivity contribution >= 4 is 32.6 Å². The highest BCUT2D eigenvalue weighted by atomic mass is 15.1. The average molecular weight is 536 g/mol. The fourth-order valence-corrected chi connectivity index (χ4v) is 5.46. The molecule has 7 aromatic carbocycles. The van der Waals surface area contributed by atoms with Gasteiger partial charge >= 0.3 is 0 Å². The maximum Gasteiger partial charge on any atom is 0.146 e. The number of hydrogen-bond acceptors (Lipinski definition) is 1. The van der Waals surface area contributed by atoms with Crippen LogP contribution in [0.4, 0.5) is 0 Å². The number of aromatic nitrogens is 2. The second-order valence-corrected chi connectivity index (χ2v) is 9.39. The lowest BCUT2D eigenvalue weighted by Crippen LogP contribution is -1.99. The van der Waals surface area contributed by atoms with Crippen LogP contribution < -0.4 is 0 Å². The van der Waals surface area contributed by atoms with E-state index >= 15 is 0 Å². The maximum atomic E-state index is 9.33. The van der Waals surface area contributed by atoms with Crippen LogP contribution in [0, 0.1) is 0 Å². The number of benzene rings is 7. The number of nitrogens with zero attached hydrogens (tertiary/aromatic N) is 2. The molecule has 2 nitrogen and oxygen atoms in total. The third kappa shape index (κ3) is 3.76. The molecular formula is C39H26N2.